The van der Waals surface area contributed by atoms with Crippen molar-refractivity contribution in [3.05, 3.63) is 83.7 Å². The lowest BCUT2D eigenvalue weighted by molar-refractivity contribution is 0.102. The van der Waals surface area contributed by atoms with Crippen molar-refractivity contribution in [3.63, 3.8) is 0 Å². The van der Waals surface area contributed by atoms with Crippen LogP contribution in [0.1, 0.15) is 35.5 Å². The second kappa shape index (κ2) is 8.78. The number of nitriles is 1. The minimum absolute atomic E-state index is 0.158. The van der Waals surface area contributed by atoms with Gasteiger partial charge >= 0.3 is 0 Å². The molecule has 0 aliphatic rings. The van der Waals surface area contributed by atoms with E-state index in [1.807, 2.05) is 35.2 Å². The molecule has 2 aromatic carbocycles. The first kappa shape index (κ1) is 19.1. The number of anilines is 2. The molecule has 0 spiro atoms. The third-order valence-corrected chi connectivity index (χ3v) is 4.20. The Hall–Kier alpha value is -3.72. The Morgan fingerprint density at radius 3 is 2.64 bits per heavy atom. The zero-order valence-corrected chi connectivity index (χ0v) is 15.8. The fraction of sp³-hybridized carbons (Fsp3) is 0.182. The van der Waals surface area contributed by atoms with Crippen LogP contribution < -0.4 is 10.2 Å². The fourth-order valence-electron chi connectivity index (χ4n) is 2.74. The number of aromatic nitrogens is 2. The first-order valence-electron chi connectivity index (χ1n) is 9.02. The Labute approximate surface area is 164 Å². The second-order valence-corrected chi connectivity index (χ2v) is 6.60. The molecule has 1 aromatic heterocycles. The van der Waals surface area contributed by atoms with E-state index >= 15 is 0 Å². The van der Waals surface area contributed by atoms with E-state index in [9.17, 15) is 4.79 Å². The molecule has 0 saturated carbocycles. The van der Waals surface area contributed by atoms with Crippen molar-refractivity contribution in [1.82, 2.24) is 9.97 Å². The summed E-state index contributed by atoms with van der Waals surface area (Å²) in [4.78, 5) is 23.5. The topological polar surface area (TPSA) is 81.9 Å². The summed E-state index contributed by atoms with van der Waals surface area (Å²) in [5, 5.41) is 11.8. The fourth-order valence-corrected chi connectivity index (χ4v) is 2.74. The molecular weight excluding hydrogens is 350 g/mol. The highest BCUT2D eigenvalue weighted by atomic mass is 16.1. The molecule has 3 aromatic rings. The first-order chi connectivity index (χ1) is 13.6. The van der Waals surface area contributed by atoms with E-state index in [0.29, 0.717) is 23.7 Å². The molecule has 140 valence electrons. The number of rotatable bonds is 6. The molecule has 0 aliphatic heterocycles. The molecule has 1 heterocycles. The average Bonchev–Trinajstić information content (AvgIpc) is 2.72. The van der Waals surface area contributed by atoms with Gasteiger partial charge in [-0.2, -0.15) is 5.26 Å². The van der Waals surface area contributed by atoms with Crippen molar-refractivity contribution in [1.29, 1.82) is 5.26 Å². The predicted octanol–water partition coefficient (Wildman–Crippen LogP) is 4.02. The van der Waals surface area contributed by atoms with E-state index in [1.165, 1.54) is 0 Å². The lowest BCUT2D eigenvalue weighted by atomic mass is 10.2. The summed E-state index contributed by atoms with van der Waals surface area (Å²) in [7, 11) is 0. The summed E-state index contributed by atoms with van der Waals surface area (Å²) in [6, 6.07) is 20.6. The van der Waals surface area contributed by atoms with E-state index in [2.05, 4.69) is 35.2 Å². The van der Waals surface area contributed by atoms with Crippen molar-refractivity contribution in [2.24, 2.45) is 0 Å². The number of nitrogens with one attached hydrogen (secondary N) is 1. The van der Waals surface area contributed by atoms with Crippen LogP contribution in [0.2, 0.25) is 0 Å². The number of carbonyl (C=O) groups excluding carboxylic acids is 1. The van der Waals surface area contributed by atoms with Gasteiger partial charge in [0.2, 0.25) is 5.95 Å². The van der Waals surface area contributed by atoms with Gasteiger partial charge in [-0.3, -0.25) is 4.79 Å². The summed E-state index contributed by atoms with van der Waals surface area (Å²) in [5.41, 5.74) is 2.44. The largest absolute Gasteiger partial charge is 0.334 e. The molecule has 6 heteroatoms. The molecule has 0 radical (unpaired) electrons. The normalized spacial score (nSPS) is 10.4. The average molecular weight is 371 g/mol. The smallest absolute Gasteiger partial charge is 0.274 e. The van der Waals surface area contributed by atoms with Crippen LogP contribution in [-0.2, 0) is 6.54 Å². The van der Waals surface area contributed by atoms with Gasteiger partial charge in [0.05, 0.1) is 11.6 Å². The van der Waals surface area contributed by atoms with Gasteiger partial charge in [0.25, 0.3) is 5.91 Å². The van der Waals surface area contributed by atoms with Gasteiger partial charge < -0.3 is 10.2 Å². The number of hydrogen-bond donors (Lipinski definition) is 1. The number of amides is 1. The zero-order valence-electron chi connectivity index (χ0n) is 15.8. The van der Waals surface area contributed by atoms with Gasteiger partial charge in [0, 0.05) is 24.5 Å². The minimum atomic E-state index is -0.345. The molecule has 0 atom stereocenters. The standard InChI is InChI=1S/C22H21N5O/c1-16(2)27(15-17-7-4-3-5-8-17)22-24-12-11-20(26-22)21(28)25-19-10-6-9-18(13-19)14-23/h3-13,16H,15H2,1-2H3,(H,25,28). The van der Waals surface area contributed by atoms with E-state index in [-0.39, 0.29) is 17.6 Å². The van der Waals surface area contributed by atoms with Crippen LogP contribution >= 0.6 is 0 Å². The van der Waals surface area contributed by atoms with Crippen molar-refractivity contribution in [3.8, 4) is 6.07 Å². The Balaban J connectivity index is 1.81. The quantitative estimate of drug-likeness (QED) is 0.708. The monoisotopic (exact) mass is 371 g/mol. The lowest BCUT2D eigenvalue weighted by Gasteiger charge is -2.27. The third-order valence-electron chi connectivity index (χ3n) is 4.20. The number of carbonyl (C=O) groups is 1. The molecule has 6 nitrogen and oxygen atoms in total. The number of benzene rings is 2. The van der Waals surface area contributed by atoms with Crippen LogP contribution in [0, 0.1) is 11.3 Å². The van der Waals surface area contributed by atoms with Gasteiger partial charge in [0.15, 0.2) is 0 Å². The van der Waals surface area contributed by atoms with Gasteiger partial charge in [-0.1, -0.05) is 36.4 Å². The Kier molecular flexibility index (Phi) is 5.97. The molecule has 0 saturated heterocycles. The third kappa shape index (κ3) is 4.71. The molecule has 0 unspecified atom stereocenters. The number of hydrogen-bond acceptors (Lipinski definition) is 5. The van der Waals surface area contributed by atoms with Crippen LogP contribution in [0.25, 0.3) is 0 Å². The number of nitrogens with zero attached hydrogens (tertiary/aromatic N) is 4. The van der Waals surface area contributed by atoms with Crippen LogP contribution in [0.3, 0.4) is 0 Å². The Bertz CT molecular complexity index is 995. The van der Waals surface area contributed by atoms with Gasteiger partial charge in [-0.05, 0) is 43.7 Å². The van der Waals surface area contributed by atoms with E-state index < -0.39 is 0 Å². The van der Waals surface area contributed by atoms with Crippen LogP contribution in [-0.4, -0.2) is 21.9 Å². The van der Waals surface area contributed by atoms with E-state index in [4.69, 9.17) is 5.26 Å². The zero-order chi connectivity index (χ0) is 19.9. The predicted molar refractivity (Wildman–Crippen MR) is 109 cm³/mol. The van der Waals surface area contributed by atoms with Crippen LogP contribution in [0.4, 0.5) is 11.6 Å². The molecule has 0 bridgehead atoms. The lowest BCUT2D eigenvalue weighted by Crippen LogP contribution is -2.32. The summed E-state index contributed by atoms with van der Waals surface area (Å²) < 4.78 is 0. The summed E-state index contributed by atoms with van der Waals surface area (Å²) in [6.07, 6.45) is 1.59. The molecule has 0 aliphatic carbocycles. The molecular formula is C22H21N5O. The highest BCUT2D eigenvalue weighted by Gasteiger charge is 2.17. The van der Waals surface area contributed by atoms with Crippen molar-refractivity contribution in [2.45, 2.75) is 26.4 Å². The maximum atomic E-state index is 12.6. The van der Waals surface area contributed by atoms with Crippen molar-refractivity contribution < 1.29 is 4.79 Å². The van der Waals surface area contributed by atoms with Gasteiger partial charge in [-0.15, -0.1) is 0 Å². The highest BCUT2D eigenvalue weighted by molar-refractivity contribution is 6.03. The molecule has 28 heavy (non-hydrogen) atoms. The maximum Gasteiger partial charge on any atom is 0.274 e. The van der Waals surface area contributed by atoms with E-state index in [0.717, 1.165) is 5.56 Å². The van der Waals surface area contributed by atoms with Gasteiger partial charge in [-0.25, -0.2) is 9.97 Å². The van der Waals surface area contributed by atoms with Crippen LogP contribution in [0.15, 0.2) is 66.9 Å². The van der Waals surface area contributed by atoms with Crippen molar-refractivity contribution in [2.75, 3.05) is 10.2 Å². The van der Waals surface area contributed by atoms with Crippen molar-refractivity contribution >= 4 is 17.5 Å². The summed E-state index contributed by atoms with van der Waals surface area (Å²) >= 11 is 0. The molecule has 3 rings (SSSR count). The Morgan fingerprint density at radius 1 is 1.14 bits per heavy atom. The molecule has 1 N–H and O–H groups in total. The van der Waals surface area contributed by atoms with E-state index in [1.54, 1.807) is 36.5 Å². The SMILES string of the molecule is CC(C)N(Cc1ccccc1)c1nccc(C(=O)Nc2cccc(C#N)c2)n1. The molecule has 1 amide bonds. The Morgan fingerprint density at radius 2 is 1.93 bits per heavy atom. The summed E-state index contributed by atoms with van der Waals surface area (Å²) in [6.45, 7) is 4.77. The first-order valence-corrected chi connectivity index (χ1v) is 9.02. The second-order valence-electron chi connectivity index (χ2n) is 6.60. The van der Waals surface area contributed by atoms with Gasteiger partial charge in [0.1, 0.15) is 5.69 Å². The molecule has 0 fully saturated rings. The van der Waals surface area contributed by atoms with Crippen LogP contribution in [0.5, 0.6) is 0 Å². The maximum absolute atomic E-state index is 12.6. The minimum Gasteiger partial charge on any atom is -0.334 e. The highest BCUT2D eigenvalue weighted by Crippen LogP contribution is 2.17. The summed E-state index contributed by atoms with van der Waals surface area (Å²) in [5.74, 6) is 0.152.